The SMILES string of the molecule is COc1cccnc1NCC1(OC)CCC1. The molecule has 1 aromatic rings. The summed E-state index contributed by atoms with van der Waals surface area (Å²) in [5.74, 6) is 1.56. The average molecular weight is 222 g/mol. The minimum absolute atomic E-state index is 0.00251. The van der Waals surface area contributed by atoms with Gasteiger partial charge in [0.25, 0.3) is 0 Å². The fraction of sp³-hybridized carbons (Fsp3) is 0.583. The molecule has 0 atom stereocenters. The predicted octanol–water partition coefficient (Wildman–Crippen LogP) is 2.07. The standard InChI is InChI=1S/C12H18N2O2/c1-15-10-5-3-8-13-11(10)14-9-12(16-2)6-4-7-12/h3,5,8H,4,6-7,9H2,1-2H3,(H,13,14). The highest BCUT2D eigenvalue weighted by molar-refractivity contribution is 5.49. The first-order valence-electron chi connectivity index (χ1n) is 5.58. The molecule has 0 aromatic carbocycles. The third-order valence-electron chi connectivity index (χ3n) is 3.27. The Morgan fingerprint density at radius 2 is 2.25 bits per heavy atom. The average Bonchev–Trinajstić information content (AvgIpc) is 2.29. The summed E-state index contributed by atoms with van der Waals surface area (Å²) in [5, 5.41) is 3.30. The first kappa shape index (κ1) is 11.2. The van der Waals surface area contributed by atoms with Gasteiger partial charge in [0.1, 0.15) is 0 Å². The molecule has 4 heteroatoms. The number of nitrogens with one attached hydrogen (secondary N) is 1. The van der Waals surface area contributed by atoms with E-state index in [1.165, 1.54) is 6.42 Å². The van der Waals surface area contributed by atoms with E-state index >= 15 is 0 Å². The molecule has 1 heterocycles. The lowest BCUT2D eigenvalue weighted by atomic mass is 9.80. The molecule has 0 aliphatic heterocycles. The van der Waals surface area contributed by atoms with Crippen molar-refractivity contribution in [2.24, 2.45) is 0 Å². The maximum absolute atomic E-state index is 5.54. The molecule has 1 aromatic heterocycles. The van der Waals surface area contributed by atoms with Crippen molar-refractivity contribution in [2.45, 2.75) is 24.9 Å². The van der Waals surface area contributed by atoms with Crippen LogP contribution >= 0.6 is 0 Å². The van der Waals surface area contributed by atoms with Crippen LogP contribution in [0.15, 0.2) is 18.3 Å². The van der Waals surface area contributed by atoms with E-state index in [2.05, 4.69) is 10.3 Å². The van der Waals surface area contributed by atoms with Gasteiger partial charge in [0, 0.05) is 19.9 Å². The first-order chi connectivity index (χ1) is 7.79. The van der Waals surface area contributed by atoms with Crippen molar-refractivity contribution in [2.75, 3.05) is 26.1 Å². The third kappa shape index (κ3) is 2.11. The van der Waals surface area contributed by atoms with E-state index in [4.69, 9.17) is 9.47 Å². The zero-order chi connectivity index (χ0) is 11.4. The quantitative estimate of drug-likeness (QED) is 0.828. The molecule has 0 unspecified atom stereocenters. The van der Waals surface area contributed by atoms with Crippen LogP contribution in [0.5, 0.6) is 5.75 Å². The van der Waals surface area contributed by atoms with Gasteiger partial charge in [0.15, 0.2) is 11.6 Å². The highest BCUT2D eigenvalue weighted by Crippen LogP contribution is 2.35. The summed E-state index contributed by atoms with van der Waals surface area (Å²) in [6.45, 7) is 0.789. The van der Waals surface area contributed by atoms with Gasteiger partial charge in [-0.2, -0.15) is 0 Å². The third-order valence-corrected chi connectivity index (χ3v) is 3.27. The fourth-order valence-corrected chi connectivity index (χ4v) is 1.96. The molecule has 0 spiro atoms. The van der Waals surface area contributed by atoms with E-state index < -0.39 is 0 Å². The Kier molecular flexibility index (Phi) is 3.29. The van der Waals surface area contributed by atoms with Gasteiger partial charge in [-0.3, -0.25) is 0 Å². The van der Waals surface area contributed by atoms with Crippen molar-refractivity contribution in [3.05, 3.63) is 18.3 Å². The molecule has 1 aliphatic carbocycles. The predicted molar refractivity (Wildman–Crippen MR) is 62.9 cm³/mol. The van der Waals surface area contributed by atoms with Crippen LogP contribution in [0.4, 0.5) is 5.82 Å². The summed E-state index contributed by atoms with van der Waals surface area (Å²) in [6, 6.07) is 3.76. The largest absolute Gasteiger partial charge is 0.493 e. The van der Waals surface area contributed by atoms with Gasteiger partial charge in [-0.15, -0.1) is 0 Å². The molecule has 1 fully saturated rings. The minimum atomic E-state index is 0.00251. The molecule has 0 amide bonds. The van der Waals surface area contributed by atoms with Crippen LogP contribution in [0.2, 0.25) is 0 Å². The number of ether oxygens (including phenoxy) is 2. The molecule has 4 nitrogen and oxygen atoms in total. The van der Waals surface area contributed by atoms with E-state index in [0.717, 1.165) is 31.0 Å². The smallest absolute Gasteiger partial charge is 0.168 e. The second-order valence-corrected chi connectivity index (χ2v) is 4.15. The second-order valence-electron chi connectivity index (χ2n) is 4.15. The van der Waals surface area contributed by atoms with Crippen molar-refractivity contribution in [1.29, 1.82) is 0 Å². The first-order valence-corrected chi connectivity index (χ1v) is 5.58. The molecule has 16 heavy (non-hydrogen) atoms. The normalized spacial score (nSPS) is 17.6. The van der Waals surface area contributed by atoms with E-state index in [-0.39, 0.29) is 5.60 Å². The van der Waals surface area contributed by atoms with E-state index in [9.17, 15) is 0 Å². The maximum atomic E-state index is 5.54. The molecule has 1 aliphatic rings. The Hall–Kier alpha value is -1.29. The molecule has 88 valence electrons. The lowest BCUT2D eigenvalue weighted by molar-refractivity contribution is -0.0601. The lowest BCUT2D eigenvalue weighted by Gasteiger charge is -2.40. The number of hydrogen-bond acceptors (Lipinski definition) is 4. The summed E-state index contributed by atoms with van der Waals surface area (Å²) in [6.07, 6.45) is 5.23. The van der Waals surface area contributed by atoms with E-state index in [1.54, 1.807) is 20.4 Å². The Morgan fingerprint density at radius 1 is 1.44 bits per heavy atom. The van der Waals surface area contributed by atoms with Crippen LogP contribution in [0.1, 0.15) is 19.3 Å². The topological polar surface area (TPSA) is 43.4 Å². The highest BCUT2D eigenvalue weighted by Gasteiger charge is 2.36. The van der Waals surface area contributed by atoms with Gasteiger partial charge in [-0.05, 0) is 31.4 Å². The van der Waals surface area contributed by atoms with Crippen molar-refractivity contribution < 1.29 is 9.47 Å². The molecule has 2 rings (SSSR count). The van der Waals surface area contributed by atoms with Gasteiger partial charge in [0.05, 0.1) is 12.7 Å². The number of pyridine rings is 1. The van der Waals surface area contributed by atoms with Crippen LogP contribution in [0.3, 0.4) is 0 Å². The van der Waals surface area contributed by atoms with Gasteiger partial charge >= 0.3 is 0 Å². The molecular formula is C12H18N2O2. The van der Waals surface area contributed by atoms with Gasteiger partial charge in [-0.25, -0.2) is 4.98 Å². The van der Waals surface area contributed by atoms with Crippen LogP contribution in [0.25, 0.3) is 0 Å². The van der Waals surface area contributed by atoms with E-state index in [0.29, 0.717) is 0 Å². The summed E-state index contributed by atoms with van der Waals surface area (Å²) in [7, 11) is 3.42. The fourth-order valence-electron chi connectivity index (χ4n) is 1.96. The van der Waals surface area contributed by atoms with Crippen LogP contribution in [0, 0.1) is 0 Å². The zero-order valence-corrected chi connectivity index (χ0v) is 9.82. The molecular weight excluding hydrogens is 204 g/mol. The Balaban J connectivity index is 1.98. The molecule has 0 saturated heterocycles. The summed E-state index contributed by atoms with van der Waals surface area (Å²) < 4.78 is 10.8. The number of aromatic nitrogens is 1. The van der Waals surface area contributed by atoms with Crippen LogP contribution in [-0.2, 0) is 4.74 Å². The van der Waals surface area contributed by atoms with E-state index in [1.807, 2.05) is 12.1 Å². The van der Waals surface area contributed by atoms with Crippen molar-refractivity contribution >= 4 is 5.82 Å². The van der Waals surface area contributed by atoms with Crippen molar-refractivity contribution in [1.82, 2.24) is 4.98 Å². The number of rotatable bonds is 5. The van der Waals surface area contributed by atoms with Crippen molar-refractivity contribution in [3.63, 3.8) is 0 Å². The number of hydrogen-bond donors (Lipinski definition) is 1. The Morgan fingerprint density at radius 3 is 2.81 bits per heavy atom. The van der Waals surface area contributed by atoms with Gasteiger partial charge < -0.3 is 14.8 Å². The summed E-state index contributed by atoms with van der Waals surface area (Å²) in [5.41, 5.74) is 0.00251. The number of nitrogens with zero attached hydrogens (tertiary/aromatic N) is 1. The monoisotopic (exact) mass is 222 g/mol. The number of methoxy groups -OCH3 is 2. The summed E-state index contributed by atoms with van der Waals surface area (Å²) >= 11 is 0. The van der Waals surface area contributed by atoms with Gasteiger partial charge in [0.2, 0.25) is 0 Å². The molecule has 1 N–H and O–H groups in total. The zero-order valence-electron chi connectivity index (χ0n) is 9.82. The Labute approximate surface area is 96.0 Å². The Bertz CT molecular complexity index is 345. The second kappa shape index (κ2) is 4.70. The molecule has 1 saturated carbocycles. The molecule has 0 bridgehead atoms. The van der Waals surface area contributed by atoms with Crippen LogP contribution in [-0.4, -0.2) is 31.3 Å². The van der Waals surface area contributed by atoms with Crippen molar-refractivity contribution in [3.8, 4) is 5.75 Å². The lowest BCUT2D eigenvalue weighted by Crippen LogP contribution is -2.45. The summed E-state index contributed by atoms with van der Waals surface area (Å²) in [4.78, 5) is 4.25. The van der Waals surface area contributed by atoms with Crippen LogP contribution < -0.4 is 10.1 Å². The minimum Gasteiger partial charge on any atom is -0.493 e. The van der Waals surface area contributed by atoms with Gasteiger partial charge in [-0.1, -0.05) is 0 Å². The molecule has 0 radical (unpaired) electrons. The number of anilines is 1. The maximum Gasteiger partial charge on any atom is 0.168 e. The highest BCUT2D eigenvalue weighted by atomic mass is 16.5.